The fourth-order valence-electron chi connectivity index (χ4n) is 2.60. The number of nitrogens with zero attached hydrogens (tertiary/aromatic N) is 1. The van der Waals surface area contributed by atoms with Crippen molar-refractivity contribution in [2.24, 2.45) is 0 Å². The Labute approximate surface area is 173 Å². The minimum atomic E-state index is -4.63. The lowest BCUT2D eigenvalue weighted by atomic mass is 10.2. The van der Waals surface area contributed by atoms with E-state index in [4.69, 9.17) is 4.74 Å². The zero-order chi connectivity index (χ0) is 22.4. The largest absolute Gasteiger partial charge is 0.492 e. The van der Waals surface area contributed by atoms with Crippen LogP contribution in [0.2, 0.25) is 0 Å². The van der Waals surface area contributed by atoms with Crippen LogP contribution in [0.3, 0.4) is 0 Å². The summed E-state index contributed by atoms with van der Waals surface area (Å²) in [7, 11) is -3.98. The molecule has 0 aliphatic rings. The number of halogens is 3. The van der Waals surface area contributed by atoms with E-state index in [2.05, 4.69) is 5.32 Å². The van der Waals surface area contributed by atoms with Crippen molar-refractivity contribution in [3.05, 3.63) is 59.7 Å². The van der Waals surface area contributed by atoms with Gasteiger partial charge in [-0.2, -0.15) is 13.2 Å². The number of alkyl halides is 3. The molecule has 10 heteroatoms. The van der Waals surface area contributed by atoms with E-state index >= 15 is 0 Å². The standard InChI is InChI=1S/C20H23F3N2O4S/c1-3-15-7-9-18(10-8-15)29-12-11-24-19(26)14-25(30(2,27)28)17-6-4-5-16(13-17)20(21,22)23/h4-10,13H,3,11-12,14H2,1-2H3,(H,24,26). The van der Waals surface area contributed by atoms with Crippen LogP contribution in [0.1, 0.15) is 18.1 Å². The van der Waals surface area contributed by atoms with Gasteiger partial charge in [0.05, 0.1) is 24.1 Å². The van der Waals surface area contributed by atoms with Gasteiger partial charge in [0.2, 0.25) is 15.9 Å². The number of carbonyl (C=O) groups is 1. The second-order valence-electron chi connectivity index (χ2n) is 6.51. The Bertz CT molecular complexity index is 961. The zero-order valence-electron chi connectivity index (χ0n) is 16.6. The number of hydrogen-bond acceptors (Lipinski definition) is 4. The molecule has 2 rings (SSSR count). The SMILES string of the molecule is CCc1ccc(OCCNC(=O)CN(c2cccc(C(F)(F)F)c2)S(C)(=O)=O)cc1. The first-order valence-corrected chi connectivity index (χ1v) is 11.0. The predicted octanol–water partition coefficient (Wildman–Crippen LogP) is 3.23. The average molecular weight is 444 g/mol. The molecule has 2 aromatic rings. The van der Waals surface area contributed by atoms with Crippen molar-refractivity contribution in [3.8, 4) is 5.75 Å². The maximum Gasteiger partial charge on any atom is 0.416 e. The highest BCUT2D eigenvalue weighted by Crippen LogP contribution is 2.32. The molecule has 0 radical (unpaired) electrons. The van der Waals surface area contributed by atoms with Crippen LogP contribution in [-0.4, -0.2) is 40.3 Å². The molecule has 0 spiro atoms. The maximum absolute atomic E-state index is 12.9. The van der Waals surface area contributed by atoms with Crippen LogP contribution in [0.5, 0.6) is 5.75 Å². The molecule has 0 saturated carbocycles. The molecular weight excluding hydrogens is 421 g/mol. The first kappa shape index (κ1) is 23.5. The van der Waals surface area contributed by atoms with Gasteiger partial charge in [-0.15, -0.1) is 0 Å². The number of amides is 1. The summed E-state index contributed by atoms with van der Waals surface area (Å²) in [4.78, 5) is 12.2. The van der Waals surface area contributed by atoms with E-state index in [1.165, 1.54) is 6.07 Å². The molecule has 0 aromatic heterocycles. The molecule has 0 unspecified atom stereocenters. The zero-order valence-corrected chi connectivity index (χ0v) is 17.4. The van der Waals surface area contributed by atoms with Crippen LogP contribution in [0.25, 0.3) is 0 Å². The third-order valence-corrected chi connectivity index (χ3v) is 5.31. The van der Waals surface area contributed by atoms with Gasteiger partial charge in [0.25, 0.3) is 0 Å². The van der Waals surface area contributed by atoms with Crippen molar-refractivity contribution < 1.29 is 31.1 Å². The Morgan fingerprint density at radius 3 is 2.37 bits per heavy atom. The topological polar surface area (TPSA) is 75.7 Å². The summed E-state index contributed by atoms with van der Waals surface area (Å²) >= 11 is 0. The van der Waals surface area contributed by atoms with Gasteiger partial charge in [0, 0.05) is 0 Å². The smallest absolute Gasteiger partial charge is 0.416 e. The molecule has 0 aliphatic carbocycles. The third kappa shape index (κ3) is 6.94. The van der Waals surface area contributed by atoms with Gasteiger partial charge >= 0.3 is 6.18 Å². The van der Waals surface area contributed by atoms with Crippen molar-refractivity contribution in [3.63, 3.8) is 0 Å². The molecule has 30 heavy (non-hydrogen) atoms. The lowest BCUT2D eigenvalue weighted by molar-refractivity contribution is -0.137. The Balaban J connectivity index is 1.96. The number of sulfonamides is 1. The Morgan fingerprint density at radius 1 is 1.13 bits per heavy atom. The Hall–Kier alpha value is -2.75. The summed E-state index contributed by atoms with van der Waals surface area (Å²) in [6.45, 7) is 1.64. The average Bonchev–Trinajstić information content (AvgIpc) is 2.68. The van der Waals surface area contributed by atoms with E-state index in [-0.39, 0.29) is 18.8 Å². The number of ether oxygens (including phenoxy) is 1. The molecule has 6 nitrogen and oxygen atoms in total. The van der Waals surface area contributed by atoms with Gasteiger partial charge in [-0.1, -0.05) is 25.1 Å². The number of nitrogens with one attached hydrogen (secondary N) is 1. The molecule has 0 aliphatic heterocycles. The molecule has 1 N–H and O–H groups in total. The highest BCUT2D eigenvalue weighted by molar-refractivity contribution is 7.92. The van der Waals surface area contributed by atoms with Gasteiger partial charge in [-0.05, 0) is 42.3 Å². The van der Waals surface area contributed by atoms with Crippen LogP contribution in [-0.2, 0) is 27.4 Å². The van der Waals surface area contributed by atoms with E-state index in [9.17, 15) is 26.4 Å². The van der Waals surface area contributed by atoms with Gasteiger partial charge < -0.3 is 10.1 Å². The third-order valence-electron chi connectivity index (χ3n) is 4.17. The predicted molar refractivity (Wildman–Crippen MR) is 108 cm³/mol. The van der Waals surface area contributed by atoms with Crippen LogP contribution in [0, 0.1) is 0 Å². The fourth-order valence-corrected chi connectivity index (χ4v) is 3.45. The monoisotopic (exact) mass is 444 g/mol. The van der Waals surface area contributed by atoms with E-state index in [0.29, 0.717) is 16.1 Å². The van der Waals surface area contributed by atoms with E-state index < -0.39 is 34.2 Å². The number of anilines is 1. The molecule has 2 aromatic carbocycles. The molecule has 1 amide bonds. The second kappa shape index (κ2) is 9.84. The van der Waals surface area contributed by atoms with Crippen LogP contribution < -0.4 is 14.4 Å². The van der Waals surface area contributed by atoms with Gasteiger partial charge in [-0.3, -0.25) is 9.10 Å². The summed E-state index contributed by atoms with van der Waals surface area (Å²) < 4.78 is 68.9. The van der Waals surface area contributed by atoms with Crippen molar-refractivity contribution >= 4 is 21.6 Å². The van der Waals surface area contributed by atoms with Crippen molar-refractivity contribution in [1.29, 1.82) is 0 Å². The fraction of sp³-hybridized carbons (Fsp3) is 0.350. The van der Waals surface area contributed by atoms with E-state index in [0.717, 1.165) is 30.4 Å². The van der Waals surface area contributed by atoms with Gasteiger partial charge in [-0.25, -0.2) is 8.42 Å². The minimum absolute atomic E-state index is 0.106. The van der Waals surface area contributed by atoms with Crippen LogP contribution in [0.15, 0.2) is 48.5 Å². The van der Waals surface area contributed by atoms with Crippen LogP contribution in [0.4, 0.5) is 18.9 Å². The van der Waals surface area contributed by atoms with Crippen LogP contribution >= 0.6 is 0 Å². The molecule has 0 bridgehead atoms. The van der Waals surface area contributed by atoms with Gasteiger partial charge in [0.15, 0.2) is 0 Å². The first-order valence-electron chi connectivity index (χ1n) is 9.14. The normalized spacial score (nSPS) is 11.8. The molecule has 0 heterocycles. The van der Waals surface area contributed by atoms with Gasteiger partial charge in [0.1, 0.15) is 18.9 Å². The number of aryl methyl sites for hydroxylation is 1. The molecule has 164 valence electrons. The summed E-state index contributed by atoms with van der Waals surface area (Å²) in [5.74, 6) is -0.0362. The maximum atomic E-state index is 12.9. The lowest BCUT2D eigenvalue weighted by Crippen LogP contribution is -2.41. The summed E-state index contributed by atoms with van der Waals surface area (Å²) in [6, 6.07) is 11.3. The minimum Gasteiger partial charge on any atom is -0.492 e. The number of hydrogen-bond donors (Lipinski definition) is 1. The summed E-state index contributed by atoms with van der Waals surface area (Å²) in [5.41, 5.74) is -0.0857. The molecule has 0 fully saturated rings. The Kier molecular flexibility index (Phi) is 7.71. The quantitative estimate of drug-likeness (QED) is 0.603. The highest BCUT2D eigenvalue weighted by Gasteiger charge is 2.31. The van der Waals surface area contributed by atoms with Crippen molar-refractivity contribution in [2.45, 2.75) is 19.5 Å². The highest BCUT2D eigenvalue weighted by atomic mass is 32.2. The lowest BCUT2D eigenvalue weighted by Gasteiger charge is -2.22. The first-order chi connectivity index (χ1) is 14.0. The number of carbonyl (C=O) groups excluding carboxylic acids is 1. The Morgan fingerprint density at radius 2 is 1.80 bits per heavy atom. The molecular formula is C20H23F3N2O4S. The molecule has 0 saturated heterocycles. The number of rotatable bonds is 9. The van der Waals surface area contributed by atoms with Crippen molar-refractivity contribution in [2.75, 3.05) is 30.3 Å². The molecule has 0 atom stereocenters. The number of benzene rings is 2. The van der Waals surface area contributed by atoms with E-state index in [1.807, 2.05) is 19.1 Å². The second-order valence-corrected chi connectivity index (χ2v) is 8.42. The van der Waals surface area contributed by atoms with E-state index in [1.54, 1.807) is 12.1 Å². The van der Waals surface area contributed by atoms with Crippen molar-refractivity contribution in [1.82, 2.24) is 5.32 Å². The summed E-state index contributed by atoms with van der Waals surface area (Å²) in [6.07, 6.45) is -2.91. The summed E-state index contributed by atoms with van der Waals surface area (Å²) in [5, 5.41) is 2.50.